The highest BCUT2D eigenvalue weighted by atomic mass is 32.1. The van der Waals surface area contributed by atoms with E-state index in [-0.39, 0.29) is 18.3 Å². The minimum absolute atomic E-state index is 0.183. The number of anilines is 1. The van der Waals surface area contributed by atoms with E-state index in [4.69, 9.17) is 10.6 Å². The number of hydrogen-bond donors (Lipinski definition) is 2. The van der Waals surface area contributed by atoms with Gasteiger partial charge in [-0.2, -0.15) is 0 Å². The van der Waals surface area contributed by atoms with Crippen LogP contribution in [0.2, 0.25) is 0 Å². The number of nitrogens with one attached hydrogen (secondary N) is 1. The zero-order valence-corrected chi connectivity index (χ0v) is 14.3. The van der Waals surface area contributed by atoms with Gasteiger partial charge in [0.15, 0.2) is 12.4 Å². The highest BCUT2D eigenvalue weighted by Gasteiger charge is 2.12. The van der Waals surface area contributed by atoms with Gasteiger partial charge in [0.25, 0.3) is 5.91 Å². The van der Waals surface area contributed by atoms with Gasteiger partial charge >= 0.3 is 0 Å². The number of para-hydroxylation sites is 1. The molecule has 5 nitrogen and oxygen atoms in total. The van der Waals surface area contributed by atoms with Crippen molar-refractivity contribution in [2.45, 2.75) is 26.7 Å². The summed E-state index contributed by atoms with van der Waals surface area (Å²) in [5, 5.41) is 8.57. The first-order chi connectivity index (χ1) is 11.0. The minimum atomic E-state index is -0.260. The predicted molar refractivity (Wildman–Crippen MR) is 94.9 cm³/mol. The Hall–Kier alpha value is -2.34. The molecular weight excluding hydrogens is 310 g/mol. The smallest absolute Gasteiger partial charge is 0.265 e. The summed E-state index contributed by atoms with van der Waals surface area (Å²) in [6.07, 6.45) is 0. The maximum Gasteiger partial charge on any atom is 0.265 e. The molecule has 6 heteroatoms. The third kappa shape index (κ3) is 4.56. The molecule has 1 amide bonds. The second-order valence-electron chi connectivity index (χ2n) is 5.47. The number of oxime groups is 1. The normalized spacial score (nSPS) is 11.6. The fraction of sp³-hybridized carbons (Fsp3) is 0.294. The molecule has 1 aromatic heterocycles. The molecule has 3 N–H and O–H groups in total. The van der Waals surface area contributed by atoms with Crippen molar-refractivity contribution < 1.29 is 9.63 Å². The lowest BCUT2D eigenvalue weighted by Gasteiger charge is -2.16. The molecule has 0 aliphatic heterocycles. The van der Waals surface area contributed by atoms with Crippen LogP contribution in [0.5, 0.6) is 0 Å². The van der Waals surface area contributed by atoms with Crippen molar-refractivity contribution in [3.05, 3.63) is 51.7 Å². The molecule has 0 radical (unpaired) electrons. The van der Waals surface area contributed by atoms with Gasteiger partial charge in [-0.05, 0) is 35.4 Å². The molecular formula is C17H21N3O2S. The molecule has 2 aromatic rings. The van der Waals surface area contributed by atoms with Gasteiger partial charge in [-0.3, -0.25) is 4.79 Å². The van der Waals surface area contributed by atoms with E-state index >= 15 is 0 Å². The number of aryl methyl sites for hydroxylation is 1. The summed E-state index contributed by atoms with van der Waals surface area (Å²) in [6, 6.07) is 9.69. The van der Waals surface area contributed by atoms with E-state index in [2.05, 4.69) is 24.3 Å². The lowest BCUT2D eigenvalue weighted by atomic mass is 9.98. The quantitative estimate of drug-likeness (QED) is 0.483. The van der Waals surface area contributed by atoms with Gasteiger partial charge in [0, 0.05) is 5.69 Å². The second kappa shape index (κ2) is 7.78. The van der Waals surface area contributed by atoms with Crippen LogP contribution < -0.4 is 11.1 Å². The Balaban J connectivity index is 1.97. The van der Waals surface area contributed by atoms with Crippen molar-refractivity contribution in [1.82, 2.24) is 0 Å². The third-order valence-corrected chi connectivity index (χ3v) is 4.22. The monoisotopic (exact) mass is 331 g/mol. The molecule has 2 rings (SSSR count). The van der Waals surface area contributed by atoms with Gasteiger partial charge in [-0.25, -0.2) is 0 Å². The number of rotatable bonds is 6. The van der Waals surface area contributed by atoms with Gasteiger partial charge in [0.05, 0.1) is 4.88 Å². The maximum atomic E-state index is 12.1. The van der Waals surface area contributed by atoms with Crippen molar-refractivity contribution in [2.24, 2.45) is 10.9 Å². The van der Waals surface area contributed by atoms with E-state index < -0.39 is 0 Å². The van der Waals surface area contributed by atoms with Crippen LogP contribution in [0.15, 0.2) is 40.9 Å². The Morgan fingerprint density at radius 2 is 2.13 bits per heavy atom. The van der Waals surface area contributed by atoms with E-state index in [0.29, 0.717) is 5.92 Å². The van der Waals surface area contributed by atoms with E-state index in [1.54, 1.807) is 0 Å². The fourth-order valence-electron chi connectivity index (χ4n) is 2.15. The van der Waals surface area contributed by atoms with E-state index in [0.717, 1.165) is 21.7 Å². The topological polar surface area (TPSA) is 76.7 Å². The molecule has 0 atom stereocenters. The van der Waals surface area contributed by atoms with Gasteiger partial charge < -0.3 is 15.9 Å². The fourth-order valence-corrected chi connectivity index (χ4v) is 2.77. The molecule has 0 aliphatic rings. The summed E-state index contributed by atoms with van der Waals surface area (Å²) in [5.74, 6) is 0.328. The Kier molecular flexibility index (Phi) is 5.76. The molecule has 0 bridgehead atoms. The second-order valence-corrected chi connectivity index (χ2v) is 6.42. The van der Waals surface area contributed by atoms with Crippen molar-refractivity contribution >= 4 is 28.8 Å². The number of carbonyl (C=O) groups is 1. The van der Waals surface area contributed by atoms with Crippen LogP contribution in [0.3, 0.4) is 0 Å². The molecule has 0 unspecified atom stereocenters. The third-order valence-electron chi connectivity index (χ3n) is 3.32. The van der Waals surface area contributed by atoms with Crippen molar-refractivity contribution in [3.8, 4) is 0 Å². The Labute approximate surface area is 140 Å². The van der Waals surface area contributed by atoms with Crippen LogP contribution in [0.4, 0.5) is 5.69 Å². The summed E-state index contributed by atoms with van der Waals surface area (Å²) in [6.45, 7) is 5.97. The van der Waals surface area contributed by atoms with E-state index in [1.165, 1.54) is 11.3 Å². The average Bonchev–Trinajstić information content (AvgIpc) is 3.03. The summed E-state index contributed by atoms with van der Waals surface area (Å²) in [7, 11) is 0. The summed E-state index contributed by atoms with van der Waals surface area (Å²) in [4.78, 5) is 17.9. The maximum absolute atomic E-state index is 12.1. The molecule has 0 saturated heterocycles. The van der Waals surface area contributed by atoms with Crippen molar-refractivity contribution in [1.29, 1.82) is 0 Å². The van der Waals surface area contributed by atoms with Crippen LogP contribution in [0.1, 0.15) is 35.8 Å². The predicted octanol–water partition coefficient (Wildman–Crippen LogP) is 3.46. The van der Waals surface area contributed by atoms with E-state index in [9.17, 15) is 4.79 Å². The number of nitrogens with zero attached hydrogens (tertiary/aromatic N) is 1. The zero-order chi connectivity index (χ0) is 16.8. The summed E-state index contributed by atoms with van der Waals surface area (Å²) < 4.78 is 0. The number of carbonyl (C=O) groups excluding carboxylic acids is 1. The first-order valence-electron chi connectivity index (χ1n) is 7.37. The Bertz CT molecular complexity index is 694. The minimum Gasteiger partial charge on any atom is -0.384 e. The van der Waals surface area contributed by atoms with Crippen molar-refractivity contribution in [3.63, 3.8) is 0 Å². The summed E-state index contributed by atoms with van der Waals surface area (Å²) in [5.41, 5.74) is 8.73. The van der Waals surface area contributed by atoms with Gasteiger partial charge in [0.2, 0.25) is 0 Å². The van der Waals surface area contributed by atoms with Gasteiger partial charge in [-0.1, -0.05) is 43.3 Å². The molecule has 122 valence electrons. The average molecular weight is 331 g/mol. The number of amides is 1. The number of amidine groups is 1. The number of benzene rings is 1. The first kappa shape index (κ1) is 17.0. The van der Waals surface area contributed by atoms with Crippen LogP contribution in [-0.4, -0.2) is 18.3 Å². The molecule has 1 heterocycles. The van der Waals surface area contributed by atoms with Crippen molar-refractivity contribution in [2.75, 3.05) is 11.9 Å². The molecule has 23 heavy (non-hydrogen) atoms. The van der Waals surface area contributed by atoms with Crippen LogP contribution in [0.25, 0.3) is 0 Å². The highest BCUT2D eigenvalue weighted by molar-refractivity contribution is 7.12. The molecule has 0 spiro atoms. The standard InChI is InChI=1S/C17H21N3O2S/c1-11(2)13-7-4-6-12(3)16(13)19-15(21)10-22-20-17(18)14-8-5-9-23-14/h4-9,11H,10H2,1-3H3,(H2,18,20)(H,19,21). The molecule has 0 aliphatic carbocycles. The number of nitrogens with two attached hydrogens (primary N) is 1. The Morgan fingerprint density at radius 1 is 1.35 bits per heavy atom. The molecule has 0 saturated carbocycles. The first-order valence-corrected chi connectivity index (χ1v) is 8.25. The van der Waals surface area contributed by atoms with Crippen LogP contribution in [0, 0.1) is 6.92 Å². The van der Waals surface area contributed by atoms with E-state index in [1.807, 2.05) is 42.6 Å². The SMILES string of the molecule is Cc1cccc(C(C)C)c1NC(=O)CO/N=C(/N)c1cccs1. The highest BCUT2D eigenvalue weighted by Crippen LogP contribution is 2.27. The molecule has 0 fully saturated rings. The summed E-state index contributed by atoms with van der Waals surface area (Å²) >= 11 is 1.46. The lowest BCUT2D eigenvalue weighted by Crippen LogP contribution is -2.20. The Morgan fingerprint density at radius 3 is 2.78 bits per heavy atom. The van der Waals surface area contributed by atoms with Gasteiger partial charge in [0.1, 0.15) is 0 Å². The number of hydrogen-bond acceptors (Lipinski definition) is 4. The largest absolute Gasteiger partial charge is 0.384 e. The zero-order valence-electron chi connectivity index (χ0n) is 13.5. The lowest BCUT2D eigenvalue weighted by molar-refractivity contribution is -0.120. The van der Waals surface area contributed by atoms with Crippen LogP contribution in [-0.2, 0) is 9.63 Å². The number of thiophene rings is 1. The van der Waals surface area contributed by atoms with Crippen LogP contribution >= 0.6 is 11.3 Å². The molecule has 1 aromatic carbocycles. The van der Waals surface area contributed by atoms with Gasteiger partial charge in [-0.15, -0.1) is 11.3 Å².